The minimum atomic E-state index is -4.55. The van der Waals surface area contributed by atoms with Gasteiger partial charge in [0, 0.05) is 11.5 Å². The van der Waals surface area contributed by atoms with Crippen LogP contribution < -0.4 is 16.7 Å². The summed E-state index contributed by atoms with van der Waals surface area (Å²) in [5, 5.41) is 2.66. The summed E-state index contributed by atoms with van der Waals surface area (Å²) >= 11 is 0. The van der Waals surface area contributed by atoms with Crippen molar-refractivity contribution in [1.29, 1.82) is 0 Å². The number of amides is 1. The molecule has 0 radical (unpaired) electrons. The Labute approximate surface area is 137 Å². The quantitative estimate of drug-likeness (QED) is 0.310. The van der Waals surface area contributed by atoms with E-state index in [2.05, 4.69) is 11.2 Å². The second-order valence-corrected chi connectivity index (χ2v) is 6.40. The van der Waals surface area contributed by atoms with Crippen LogP contribution in [0.25, 0.3) is 11.0 Å². The van der Waals surface area contributed by atoms with Gasteiger partial charge in [-0.05, 0) is 18.6 Å². The molecule has 0 spiro atoms. The Hall–Kier alpha value is -2.83. The Bertz CT molecular complexity index is 1030. The highest BCUT2D eigenvalue weighted by Gasteiger charge is 2.20. The van der Waals surface area contributed by atoms with E-state index in [4.69, 9.17) is 16.6 Å². The summed E-state index contributed by atoms with van der Waals surface area (Å²) in [6.45, 7) is 1.55. The van der Waals surface area contributed by atoms with Crippen LogP contribution in [0.15, 0.2) is 26.2 Å². The fourth-order valence-corrected chi connectivity index (χ4v) is 2.85. The van der Waals surface area contributed by atoms with Crippen LogP contribution in [0.3, 0.4) is 0 Å². The van der Waals surface area contributed by atoms with Crippen LogP contribution in [0.2, 0.25) is 0 Å². The van der Waals surface area contributed by atoms with Gasteiger partial charge in [-0.3, -0.25) is 9.35 Å². The van der Waals surface area contributed by atoms with Crippen molar-refractivity contribution in [1.82, 2.24) is 5.32 Å². The summed E-state index contributed by atoms with van der Waals surface area (Å²) in [6, 6.07) is 2.23. The molecule has 0 aliphatic carbocycles. The third-order valence-corrected chi connectivity index (χ3v) is 4.33. The van der Waals surface area contributed by atoms with Gasteiger partial charge in [0.05, 0.1) is 24.2 Å². The van der Waals surface area contributed by atoms with Crippen molar-refractivity contribution in [3.8, 4) is 12.3 Å². The highest BCUT2D eigenvalue weighted by atomic mass is 32.2. The largest absolute Gasteiger partial charge is 0.422 e. The van der Waals surface area contributed by atoms with Crippen LogP contribution in [0, 0.1) is 19.3 Å². The molecule has 2 rings (SSSR count). The van der Waals surface area contributed by atoms with Gasteiger partial charge >= 0.3 is 5.63 Å². The van der Waals surface area contributed by atoms with E-state index in [1.54, 1.807) is 0 Å². The van der Waals surface area contributed by atoms with E-state index >= 15 is 0 Å². The van der Waals surface area contributed by atoms with Gasteiger partial charge in [-0.25, -0.2) is 4.79 Å². The number of hydrogen-bond acceptors (Lipinski definition) is 6. The van der Waals surface area contributed by atoms with Crippen molar-refractivity contribution in [3.05, 3.63) is 33.7 Å². The van der Waals surface area contributed by atoms with Gasteiger partial charge < -0.3 is 15.5 Å². The van der Waals surface area contributed by atoms with Crippen molar-refractivity contribution in [2.24, 2.45) is 0 Å². The molecule has 126 valence electrons. The molecule has 8 nitrogen and oxygen atoms in total. The minimum Gasteiger partial charge on any atom is -0.422 e. The number of aryl methyl sites for hydroxylation is 1. The lowest BCUT2D eigenvalue weighted by Crippen LogP contribution is -2.28. The summed E-state index contributed by atoms with van der Waals surface area (Å²) < 4.78 is 37.0. The number of nitrogen functional groups attached to an aromatic ring is 1. The zero-order valence-corrected chi connectivity index (χ0v) is 13.4. The summed E-state index contributed by atoms with van der Waals surface area (Å²) in [7, 11) is -4.55. The number of anilines is 1. The molecule has 4 N–H and O–H groups in total. The van der Waals surface area contributed by atoms with E-state index in [9.17, 15) is 22.6 Å². The Kier molecular flexibility index (Phi) is 4.64. The molecular weight excluding hydrogens is 336 g/mol. The third kappa shape index (κ3) is 3.40. The summed E-state index contributed by atoms with van der Waals surface area (Å²) in [5.74, 6) is 1.75. The first-order chi connectivity index (χ1) is 11.1. The third-order valence-electron chi connectivity index (χ3n) is 3.42. The topological polar surface area (TPSA) is 140 Å². The first-order valence-corrected chi connectivity index (χ1v) is 8.12. The summed E-state index contributed by atoms with van der Waals surface area (Å²) in [6.07, 6.45) is 4.76. The molecule has 0 aliphatic heterocycles. The average Bonchev–Trinajstić information content (AvgIpc) is 2.47. The van der Waals surface area contributed by atoms with Crippen molar-refractivity contribution >= 4 is 32.7 Å². The number of fused-ring (bicyclic) bond motifs is 1. The highest BCUT2D eigenvalue weighted by molar-refractivity contribution is 7.86. The van der Waals surface area contributed by atoms with Gasteiger partial charge in [-0.15, -0.1) is 6.42 Å². The van der Waals surface area contributed by atoms with Crippen LogP contribution in [0.5, 0.6) is 0 Å². The van der Waals surface area contributed by atoms with E-state index < -0.39 is 26.5 Å². The maximum Gasteiger partial charge on any atom is 0.340 e. The number of carbonyl (C=O) groups excluding carboxylic acids is 1. The average molecular weight is 350 g/mol. The van der Waals surface area contributed by atoms with Crippen LogP contribution in [0.4, 0.5) is 5.69 Å². The summed E-state index contributed by atoms with van der Waals surface area (Å²) in [4.78, 5) is 23.3. The first-order valence-electron chi connectivity index (χ1n) is 6.68. The van der Waals surface area contributed by atoms with E-state index in [0.29, 0.717) is 5.56 Å². The maximum absolute atomic E-state index is 12.1. The predicted octanol–water partition coefficient (Wildman–Crippen LogP) is 0.222. The first kappa shape index (κ1) is 17.5. The van der Waals surface area contributed by atoms with Crippen LogP contribution >= 0.6 is 0 Å². The molecule has 0 saturated carbocycles. The second-order valence-electron chi connectivity index (χ2n) is 5.01. The second kappa shape index (κ2) is 6.35. The van der Waals surface area contributed by atoms with Gasteiger partial charge in [0.2, 0.25) is 5.91 Å². The number of nitrogens with two attached hydrogens (primary N) is 1. The number of nitrogens with one attached hydrogen (secondary N) is 1. The predicted molar refractivity (Wildman–Crippen MR) is 87.0 cm³/mol. The smallest absolute Gasteiger partial charge is 0.340 e. The Balaban J connectivity index is 2.64. The Morgan fingerprint density at radius 3 is 2.71 bits per heavy atom. The molecule has 0 fully saturated rings. The fraction of sp³-hybridized carbons (Fsp3) is 0.200. The van der Waals surface area contributed by atoms with Crippen molar-refractivity contribution in [2.45, 2.75) is 18.2 Å². The molecule has 24 heavy (non-hydrogen) atoms. The lowest BCUT2D eigenvalue weighted by Gasteiger charge is -2.10. The molecule has 1 amide bonds. The van der Waals surface area contributed by atoms with E-state index in [0.717, 1.165) is 12.1 Å². The number of terminal acetylenes is 1. The lowest BCUT2D eigenvalue weighted by molar-refractivity contribution is -0.120. The Morgan fingerprint density at radius 1 is 1.46 bits per heavy atom. The van der Waals surface area contributed by atoms with Crippen LogP contribution in [-0.4, -0.2) is 25.4 Å². The van der Waals surface area contributed by atoms with Crippen molar-refractivity contribution < 1.29 is 22.2 Å². The molecule has 1 aromatic heterocycles. The highest BCUT2D eigenvalue weighted by Crippen LogP contribution is 2.28. The number of hydrogen-bond donors (Lipinski definition) is 3. The van der Waals surface area contributed by atoms with Gasteiger partial charge in [0.15, 0.2) is 0 Å². The standard InChI is InChI=1S/C15H14N2O6S/c1-3-4-17-14(18)6-10-8(2)9-5-13(24(20,21)22)11(16)7-12(9)23-15(10)19/h1,5,7H,4,6,16H2,2H3,(H,17,18)(H,20,21,22). The number of benzene rings is 1. The zero-order chi connectivity index (χ0) is 18.1. The SMILES string of the molecule is C#CCNC(=O)Cc1c(C)c2cc(S(=O)(=O)O)c(N)cc2oc1=O. The van der Waals surface area contributed by atoms with Crippen LogP contribution in [0.1, 0.15) is 11.1 Å². The van der Waals surface area contributed by atoms with Gasteiger partial charge in [0.1, 0.15) is 10.5 Å². The molecule has 9 heteroatoms. The van der Waals surface area contributed by atoms with Gasteiger partial charge in [-0.2, -0.15) is 8.42 Å². The molecular formula is C15H14N2O6S. The molecule has 1 aromatic carbocycles. The molecule has 0 unspecified atom stereocenters. The fourth-order valence-electron chi connectivity index (χ4n) is 2.23. The molecule has 0 atom stereocenters. The number of carbonyl (C=O) groups is 1. The van der Waals surface area contributed by atoms with Crippen molar-refractivity contribution in [2.75, 3.05) is 12.3 Å². The molecule has 0 aliphatic rings. The molecule has 2 aromatic rings. The molecule has 1 heterocycles. The van der Waals surface area contributed by atoms with Gasteiger partial charge in [-0.1, -0.05) is 5.92 Å². The van der Waals surface area contributed by atoms with E-state index in [1.165, 1.54) is 6.92 Å². The van der Waals surface area contributed by atoms with Gasteiger partial charge in [0.25, 0.3) is 10.1 Å². The monoisotopic (exact) mass is 350 g/mol. The van der Waals surface area contributed by atoms with E-state index in [-0.39, 0.29) is 35.2 Å². The Morgan fingerprint density at radius 2 is 2.12 bits per heavy atom. The zero-order valence-electron chi connectivity index (χ0n) is 12.6. The maximum atomic E-state index is 12.1. The normalized spacial score (nSPS) is 11.2. The van der Waals surface area contributed by atoms with Crippen LogP contribution in [-0.2, 0) is 21.3 Å². The minimum absolute atomic E-state index is 0.0141. The molecule has 0 bridgehead atoms. The van der Waals surface area contributed by atoms with Crippen molar-refractivity contribution in [3.63, 3.8) is 0 Å². The molecule has 0 saturated heterocycles. The van der Waals surface area contributed by atoms with E-state index in [1.807, 2.05) is 0 Å². The lowest BCUT2D eigenvalue weighted by atomic mass is 10.0. The number of rotatable bonds is 4. The summed E-state index contributed by atoms with van der Waals surface area (Å²) in [5.41, 5.74) is 5.02.